The predicted molar refractivity (Wildman–Crippen MR) is 92.9 cm³/mol. The number of aryl methyl sites for hydroxylation is 2. The zero-order chi connectivity index (χ0) is 15.2. The molecule has 0 atom stereocenters. The molecule has 0 aliphatic heterocycles. The number of rotatable bonds is 5. The Morgan fingerprint density at radius 2 is 1.81 bits per heavy atom. The van der Waals surface area contributed by atoms with Crippen molar-refractivity contribution in [2.24, 2.45) is 0 Å². The second-order valence-corrected chi connectivity index (χ2v) is 6.07. The van der Waals surface area contributed by atoms with Gasteiger partial charge in [0.15, 0.2) is 0 Å². The molecule has 1 N–H and O–H groups in total. The van der Waals surface area contributed by atoms with Crippen molar-refractivity contribution in [3.05, 3.63) is 62.7 Å². The summed E-state index contributed by atoms with van der Waals surface area (Å²) in [5, 5.41) is 2.87. The molecule has 0 aliphatic carbocycles. The van der Waals surface area contributed by atoms with Crippen molar-refractivity contribution in [2.75, 3.05) is 13.2 Å². The molecule has 0 saturated heterocycles. The van der Waals surface area contributed by atoms with Gasteiger partial charge in [0.2, 0.25) is 0 Å². The van der Waals surface area contributed by atoms with E-state index in [2.05, 4.69) is 34.0 Å². The molecule has 2 aromatic carbocycles. The van der Waals surface area contributed by atoms with E-state index in [9.17, 15) is 4.79 Å². The van der Waals surface area contributed by atoms with Crippen molar-refractivity contribution in [1.82, 2.24) is 5.32 Å². The largest absolute Gasteiger partial charge is 0.492 e. The van der Waals surface area contributed by atoms with Crippen molar-refractivity contribution < 1.29 is 9.53 Å². The maximum Gasteiger partial charge on any atom is 0.252 e. The fourth-order valence-electron chi connectivity index (χ4n) is 2.09. The molecule has 0 radical (unpaired) electrons. The third kappa shape index (κ3) is 4.74. The molecule has 1 amide bonds. The van der Waals surface area contributed by atoms with E-state index >= 15 is 0 Å². The fraction of sp³-hybridized carbons (Fsp3) is 0.235. The first-order valence-electron chi connectivity index (χ1n) is 6.80. The molecule has 3 nitrogen and oxygen atoms in total. The van der Waals surface area contributed by atoms with Crippen LogP contribution in [0.1, 0.15) is 21.5 Å². The fourth-order valence-corrected chi connectivity index (χ4v) is 2.72. The van der Waals surface area contributed by atoms with Crippen LogP contribution in [-0.4, -0.2) is 19.1 Å². The predicted octanol–water partition coefficient (Wildman–Crippen LogP) is 3.72. The lowest BCUT2D eigenvalue weighted by atomic mass is 10.1. The summed E-state index contributed by atoms with van der Waals surface area (Å²) in [7, 11) is 0. The zero-order valence-corrected chi connectivity index (χ0v) is 14.3. The number of carbonyl (C=O) groups is 1. The van der Waals surface area contributed by atoms with Gasteiger partial charge in [0.1, 0.15) is 12.4 Å². The van der Waals surface area contributed by atoms with Gasteiger partial charge in [0.25, 0.3) is 5.91 Å². The van der Waals surface area contributed by atoms with Crippen molar-refractivity contribution in [1.29, 1.82) is 0 Å². The van der Waals surface area contributed by atoms with Crippen LogP contribution in [0.3, 0.4) is 0 Å². The summed E-state index contributed by atoms with van der Waals surface area (Å²) in [5.74, 6) is 0.778. The zero-order valence-electron chi connectivity index (χ0n) is 12.2. The molecule has 21 heavy (non-hydrogen) atoms. The smallest absolute Gasteiger partial charge is 0.252 e. The minimum Gasteiger partial charge on any atom is -0.492 e. The van der Waals surface area contributed by atoms with Crippen molar-refractivity contribution in [2.45, 2.75) is 13.8 Å². The molecule has 4 heteroatoms. The summed E-state index contributed by atoms with van der Waals surface area (Å²) < 4.78 is 6.61. The number of benzene rings is 2. The van der Waals surface area contributed by atoms with E-state index < -0.39 is 0 Å². The Bertz CT molecular complexity index is 620. The number of carbonyl (C=O) groups excluding carboxylic acids is 1. The summed E-state index contributed by atoms with van der Waals surface area (Å²) in [4.78, 5) is 12.0. The Balaban J connectivity index is 1.82. The second-order valence-electron chi connectivity index (χ2n) is 4.91. The van der Waals surface area contributed by atoms with E-state index in [0.29, 0.717) is 18.7 Å². The standard InChI is InChI=1S/C17H18INO2/c1-12-9-13(2)11-14(10-12)21-8-7-19-17(20)15-5-3-4-6-16(15)18/h3-6,9-11H,7-8H2,1-2H3,(H,19,20). The van der Waals surface area contributed by atoms with Gasteiger partial charge in [0.05, 0.1) is 12.1 Å². The van der Waals surface area contributed by atoms with Crippen LogP contribution in [0.15, 0.2) is 42.5 Å². The van der Waals surface area contributed by atoms with E-state index in [1.165, 1.54) is 11.1 Å². The topological polar surface area (TPSA) is 38.3 Å². The Kier molecular flexibility index (Phi) is 5.61. The number of hydrogen-bond acceptors (Lipinski definition) is 2. The van der Waals surface area contributed by atoms with Gasteiger partial charge in [-0.05, 0) is 71.8 Å². The normalized spacial score (nSPS) is 10.2. The molecule has 0 unspecified atom stereocenters. The first-order chi connectivity index (χ1) is 10.1. The lowest BCUT2D eigenvalue weighted by molar-refractivity contribution is 0.0946. The van der Waals surface area contributed by atoms with Crippen LogP contribution in [-0.2, 0) is 0 Å². The van der Waals surface area contributed by atoms with Gasteiger partial charge in [-0.3, -0.25) is 4.79 Å². The van der Waals surface area contributed by atoms with Crippen molar-refractivity contribution >= 4 is 28.5 Å². The number of hydrogen-bond donors (Lipinski definition) is 1. The van der Waals surface area contributed by atoms with Crippen LogP contribution in [0, 0.1) is 17.4 Å². The summed E-state index contributed by atoms with van der Waals surface area (Å²) in [6.45, 7) is 5.02. The SMILES string of the molecule is Cc1cc(C)cc(OCCNC(=O)c2ccccc2I)c1. The Morgan fingerprint density at radius 1 is 1.14 bits per heavy atom. The van der Waals surface area contributed by atoms with Crippen LogP contribution >= 0.6 is 22.6 Å². The third-order valence-electron chi connectivity index (χ3n) is 2.97. The average molecular weight is 395 g/mol. The summed E-state index contributed by atoms with van der Waals surface area (Å²) in [6, 6.07) is 13.6. The van der Waals surface area contributed by atoms with Crippen LogP contribution in [0.5, 0.6) is 5.75 Å². The number of halogens is 1. The van der Waals surface area contributed by atoms with E-state index in [0.717, 1.165) is 9.32 Å². The van der Waals surface area contributed by atoms with Crippen molar-refractivity contribution in [3.63, 3.8) is 0 Å². The number of nitrogens with one attached hydrogen (secondary N) is 1. The second kappa shape index (κ2) is 7.45. The Labute approximate surface area is 138 Å². The molecule has 0 bridgehead atoms. The van der Waals surface area contributed by atoms with E-state index in [4.69, 9.17) is 4.74 Å². The summed E-state index contributed by atoms with van der Waals surface area (Å²) in [5.41, 5.74) is 3.05. The third-order valence-corrected chi connectivity index (χ3v) is 3.91. The van der Waals surface area contributed by atoms with Gasteiger partial charge in [-0.25, -0.2) is 0 Å². The maximum atomic E-state index is 12.0. The first kappa shape index (κ1) is 15.8. The molecule has 110 valence electrons. The number of amides is 1. The van der Waals surface area contributed by atoms with Gasteiger partial charge in [-0.1, -0.05) is 18.2 Å². The van der Waals surface area contributed by atoms with Crippen LogP contribution in [0.4, 0.5) is 0 Å². The monoisotopic (exact) mass is 395 g/mol. The van der Waals surface area contributed by atoms with Gasteiger partial charge in [-0.2, -0.15) is 0 Å². The van der Waals surface area contributed by atoms with E-state index in [-0.39, 0.29) is 5.91 Å². The van der Waals surface area contributed by atoms with Gasteiger partial charge >= 0.3 is 0 Å². The van der Waals surface area contributed by atoms with Gasteiger partial charge in [0, 0.05) is 3.57 Å². The number of ether oxygens (including phenoxy) is 1. The molecular weight excluding hydrogens is 377 g/mol. The van der Waals surface area contributed by atoms with Gasteiger partial charge < -0.3 is 10.1 Å². The minimum absolute atomic E-state index is 0.0657. The molecule has 0 spiro atoms. The molecule has 0 aliphatic rings. The average Bonchev–Trinajstić information content (AvgIpc) is 2.43. The molecule has 2 rings (SSSR count). The highest BCUT2D eigenvalue weighted by Gasteiger charge is 2.08. The maximum absolute atomic E-state index is 12.0. The molecule has 2 aromatic rings. The van der Waals surface area contributed by atoms with Crippen LogP contribution < -0.4 is 10.1 Å². The van der Waals surface area contributed by atoms with Gasteiger partial charge in [-0.15, -0.1) is 0 Å². The highest BCUT2D eigenvalue weighted by molar-refractivity contribution is 14.1. The van der Waals surface area contributed by atoms with Crippen LogP contribution in [0.2, 0.25) is 0 Å². The quantitative estimate of drug-likeness (QED) is 0.619. The highest BCUT2D eigenvalue weighted by atomic mass is 127. The lowest BCUT2D eigenvalue weighted by Gasteiger charge is -2.10. The summed E-state index contributed by atoms with van der Waals surface area (Å²) >= 11 is 2.16. The Hall–Kier alpha value is -1.56. The molecular formula is C17H18INO2. The molecule has 0 heterocycles. The van der Waals surface area contributed by atoms with Crippen LogP contribution in [0.25, 0.3) is 0 Å². The first-order valence-corrected chi connectivity index (χ1v) is 7.88. The lowest BCUT2D eigenvalue weighted by Crippen LogP contribution is -2.28. The minimum atomic E-state index is -0.0657. The molecule has 0 saturated carbocycles. The van der Waals surface area contributed by atoms with Crippen molar-refractivity contribution in [3.8, 4) is 5.75 Å². The molecule has 0 aromatic heterocycles. The van der Waals surface area contributed by atoms with E-state index in [1.807, 2.05) is 50.2 Å². The highest BCUT2D eigenvalue weighted by Crippen LogP contribution is 2.16. The summed E-state index contributed by atoms with van der Waals surface area (Å²) in [6.07, 6.45) is 0. The van der Waals surface area contributed by atoms with E-state index in [1.54, 1.807) is 0 Å². The molecule has 0 fully saturated rings. The Morgan fingerprint density at radius 3 is 2.48 bits per heavy atom.